The minimum Gasteiger partial charge on any atom is -0.310 e. The maximum atomic E-state index is 11.6. The molecule has 0 spiro atoms. The Hall–Kier alpha value is -1.72. The van der Waals surface area contributed by atoms with Crippen molar-refractivity contribution in [2.45, 2.75) is 30.3 Å². The van der Waals surface area contributed by atoms with E-state index in [1.54, 1.807) is 18.2 Å². The van der Waals surface area contributed by atoms with E-state index in [4.69, 9.17) is 0 Å². The number of hydrogen-bond donors (Lipinski definition) is 1. The van der Waals surface area contributed by atoms with E-state index < -0.39 is 9.84 Å². The van der Waals surface area contributed by atoms with Gasteiger partial charge >= 0.3 is 0 Å². The quantitative estimate of drug-likeness (QED) is 0.921. The third kappa shape index (κ3) is 3.68. The molecule has 1 saturated carbocycles. The Morgan fingerprint density at radius 2 is 2.05 bits per heavy atom. The summed E-state index contributed by atoms with van der Waals surface area (Å²) in [7, 11) is -3.19. The summed E-state index contributed by atoms with van der Waals surface area (Å²) in [6.07, 6.45) is 5.59. The molecule has 0 unspecified atom stereocenters. The van der Waals surface area contributed by atoms with Gasteiger partial charge in [-0.3, -0.25) is 4.98 Å². The predicted molar refractivity (Wildman–Crippen MR) is 82.6 cm³/mol. The van der Waals surface area contributed by atoms with Gasteiger partial charge in [0, 0.05) is 30.6 Å². The first-order valence-corrected chi connectivity index (χ1v) is 8.90. The van der Waals surface area contributed by atoms with Gasteiger partial charge in [0.05, 0.1) is 10.6 Å². The van der Waals surface area contributed by atoms with E-state index in [1.165, 1.54) is 19.1 Å². The standard InChI is InChI=1S/C16H18N2O2S/c1-21(19,20)15-4-2-3-13(9-15)16-8-5-12(11-18-16)10-17-14-6-7-14/h2-5,8-9,11,14,17H,6-7,10H2,1H3. The van der Waals surface area contributed by atoms with E-state index in [0.29, 0.717) is 10.9 Å². The second-order valence-corrected chi connectivity index (χ2v) is 7.52. The summed E-state index contributed by atoms with van der Waals surface area (Å²) in [5.74, 6) is 0. The van der Waals surface area contributed by atoms with Crippen LogP contribution in [0.25, 0.3) is 11.3 Å². The summed E-state index contributed by atoms with van der Waals surface area (Å²) in [4.78, 5) is 4.76. The second-order valence-electron chi connectivity index (χ2n) is 5.51. The Labute approximate surface area is 125 Å². The summed E-state index contributed by atoms with van der Waals surface area (Å²) >= 11 is 0. The zero-order valence-electron chi connectivity index (χ0n) is 11.9. The van der Waals surface area contributed by atoms with Gasteiger partial charge in [0.2, 0.25) is 0 Å². The molecule has 0 bridgehead atoms. The lowest BCUT2D eigenvalue weighted by Crippen LogP contribution is -2.15. The van der Waals surface area contributed by atoms with Crippen LogP contribution in [0.4, 0.5) is 0 Å². The molecule has 21 heavy (non-hydrogen) atoms. The number of sulfone groups is 1. The van der Waals surface area contributed by atoms with Gasteiger partial charge in [-0.25, -0.2) is 8.42 Å². The zero-order valence-corrected chi connectivity index (χ0v) is 12.7. The summed E-state index contributed by atoms with van der Waals surface area (Å²) < 4.78 is 23.2. The lowest BCUT2D eigenvalue weighted by molar-refractivity contribution is 0.602. The molecular formula is C16H18N2O2S. The van der Waals surface area contributed by atoms with Gasteiger partial charge in [0.25, 0.3) is 0 Å². The van der Waals surface area contributed by atoms with Crippen LogP contribution < -0.4 is 5.32 Å². The predicted octanol–water partition coefficient (Wildman–Crippen LogP) is 2.40. The van der Waals surface area contributed by atoms with Crippen LogP contribution in [0, 0.1) is 0 Å². The van der Waals surface area contributed by atoms with Gasteiger partial charge in [-0.05, 0) is 36.6 Å². The van der Waals surface area contributed by atoms with Gasteiger partial charge < -0.3 is 5.32 Å². The van der Waals surface area contributed by atoms with Crippen LogP contribution in [0.15, 0.2) is 47.5 Å². The Bertz CT molecular complexity index is 735. The second kappa shape index (κ2) is 5.58. The molecule has 3 rings (SSSR count). The van der Waals surface area contributed by atoms with Crippen LogP contribution in [0.2, 0.25) is 0 Å². The minimum atomic E-state index is -3.19. The number of nitrogens with zero attached hydrogens (tertiary/aromatic N) is 1. The van der Waals surface area contributed by atoms with E-state index in [-0.39, 0.29) is 0 Å². The molecule has 0 atom stereocenters. The number of pyridine rings is 1. The maximum Gasteiger partial charge on any atom is 0.175 e. The van der Waals surface area contributed by atoms with Crippen molar-refractivity contribution in [3.63, 3.8) is 0 Å². The highest BCUT2D eigenvalue weighted by atomic mass is 32.2. The average molecular weight is 302 g/mol. The summed E-state index contributed by atoms with van der Waals surface area (Å²) in [5, 5.41) is 3.44. The van der Waals surface area contributed by atoms with Gasteiger partial charge in [-0.15, -0.1) is 0 Å². The molecule has 1 aromatic heterocycles. The lowest BCUT2D eigenvalue weighted by Gasteiger charge is -2.06. The highest BCUT2D eigenvalue weighted by molar-refractivity contribution is 7.90. The molecule has 1 heterocycles. The third-order valence-electron chi connectivity index (χ3n) is 3.55. The van der Waals surface area contributed by atoms with E-state index in [1.807, 2.05) is 24.4 Å². The van der Waals surface area contributed by atoms with Crippen LogP contribution in [0.1, 0.15) is 18.4 Å². The molecule has 0 aliphatic heterocycles. The van der Waals surface area contributed by atoms with Crippen LogP contribution >= 0.6 is 0 Å². The number of benzene rings is 1. The van der Waals surface area contributed by atoms with Crippen LogP contribution in [0.3, 0.4) is 0 Å². The van der Waals surface area contributed by atoms with Crippen molar-refractivity contribution in [2.24, 2.45) is 0 Å². The van der Waals surface area contributed by atoms with E-state index in [2.05, 4.69) is 10.3 Å². The average Bonchev–Trinajstić information content (AvgIpc) is 3.29. The van der Waals surface area contributed by atoms with Crippen molar-refractivity contribution in [1.29, 1.82) is 0 Å². The van der Waals surface area contributed by atoms with E-state index in [0.717, 1.165) is 23.4 Å². The largest absolute Gasteiger partial charge is 0.310 e. The topological polar surface area (TPSA) is 59.1 Å². The first kappa shape index (κ1) is 14.2. The zero-order chi connectivity index (χ0) is 14.9. The number of nitrogens with one attached hydrogen (secondary N) is 1. The molecule has 2 aromatic rings. The Kier molecular flexibility index (Phi) is 3.78. The fourth-order valence-electron chi connectivity index (χ4n) is 2.14. The summed E-state index contributed by atoms with van der Waals surface area (Å²) in [6.45, 7) is 0.835. The Balaban J connectivity index is 1.79. The number of aromatic nitrogens is 1. The Morgan fingerprint density at radius 1 is 1.24 bits per heavy atom. The van der Waals surface area contributed by atoms with Gasteiger partial charge in [0.15, 0.2) is 9.84 Å². The first-order valence-electron chi connectivity index (χ1n) is 7.01. The van der Waals surface area contributed by atoms with Crippen molar-refractivity contribution >= 4 is 9.84 Å². The van der Waals surface area contributed by atoms with Gasteiger partial charge in [0.1, 0.15) is 0 Å². The molecule has 1 aliphatic carbocycles. The van der Waals surface area contributed by atoms with Crippen molar-refractivity contribution in [1.82, 2.24) is 10.3 Å². The highest BCUT2D eigenvalue weighted by Crippen LogP contribution is 2.22. The maximum absolute atomic E-state index is 11.6. The SMILES string of the molecule is CS(=O)(=O)c1cccc(-c2ccc(CNC3CC3)cn2)c1. The van der Waals surface area contributed by atoms with Crippen molar-refractivity contribution in [2.75, 3.05) is 6.26 Å². The van der Waals surface area contributed by atoms with E-state index >= 15 is 0 Å². The molecule has 1 aromatic carbocycles. The van der Waals surface area contributed by atoms with Crippen molar-refractivity contribution < 1.29 is 8.42 Å². The number of rotatable bonds is 5. The van der Waals surface area contributed by atoms with Crippen LogP contribution in [-0.4, -0.2) is 25.7 Å². The monoisotopic (exact) mass is 302 g/mol. The van der Waals surface area contributed by atoms with Crippen molar-refractivity contribution in [3.05, 3.63) is 48.2 Å². The molecule has 1 N–H and O–H groups in total. The summed E-state index contributed by atoms with van der Waals surface area (Å²) in [6, 6.07) is 11.5. The fourth-order valence-corrected chi connectivity index (χ4v) is 2.80. The van der Waals surface area contributed by atoms with E-state index in [9.17, 15) is 8.42 Å². The minimum absolute atomic E-state index is 0.321. The number of hydrogen-bond acceptors (Lipinski definition) is 4. The van der Waals surface area contributed by atoms with Crippen LogP contribution in [-0.2, 0) is 16.4 Å². The first-order chi connectivity index (χ1) is 10.0. The molecule has 1 fully saturated rings. The normalized spacial score (nSPS) is 15.1. The fraction of sp³-hybridized carbons (Fsp3) is 0.312. The molecule has 1 aliphatic rings. The molecular weight excluding hydrogens is 284 g/mol. The van der Waals surface area contributed by atoms with Crippen LogP contribution in [0.5, 0.6) is 0 Å². The van der Waals surface area contributed by atoms with Gasteiger partial charge in [-0.1, -0.05) is 18.2 Å². The molecule has 0 amide bonds. The lowest BCUT2D eigenvalue weighted by atomic mass is 10.1. The molecule has 5 heteroatoms. The molecule has 0 saturated heterocycles. The third-order valence-corrected chi connectivity index (χ3v) is 4.67. The Morgan fingerprint density at radius 3 is 2.67 bits per heavy atom. The molecule has 4 nitrogen and oxygen atoms in total. The summed E-state index contributed by atoms with van der Waals surface area (Å²) in [5.41, 5.74) is 2.75. The smallest absolute Gasteiger partial charge is 0.175 e. The highest BCUT2D eigenvalue weighted by Gasteiger charge is 2.19. The van der Waals surface area contributed by atoms with Gasteiger partial charge in [-0.2, -0.15) is 0 Å². The van der Waals surface area contributed by atoms with Crippen molar-refractivity contribution in [3.8, 4) is 11.3 Å². The molecule has 0 radical (unpaired) electrons. The molecule has 110 valence electrons.